The van der Waals surface area contributed by atoms with E-state index in [1.807, 2.05) is 36.4 Å². The third kappa shape index (κ3) is 5.03. The Morgan fingerprint density at radius 2 is 1.03 bits per heavy atom. The normalized spacial score (nSPS) is 17.6. The van der Waals surface area contributed by atoms with E-state index in [1.165, 1.54) is 35.1 Å². The molecule has 0 saturated heterocycles. The minimum absolute atomic E-state index is 0. The summed E-state index contributed by atoms with van der Waals surface area (Å²) in [5.74, 6) is -0.770. The van der Waals surface area contributed by atoms with E-state index >= 15 is 0 Å². The van der Waals surface area contributed by atoms with Crippen molar-refractivity contribution in [2.75, 3.05) is 0 Å². The second kappa shape index (κ2) is 10.9. The molecule has 0 amide bonds. The number of rotatable bonds is 5. The number of carbonyl (C=O) groups is 2. The first-order valence-electron chi connectivity index (χ1n) is 11.6. The molecule has 2 aromatic carbocycles. The van der Waals surface area contributed by atoms with Crippen LogP contribution in [-0.2, 0) is 25.3 Å². The molecule has 3 aliphatic rings. The minimum Gasteiger partial charge on any atom is -1.00 e. The first-order chi connectivity index (χ1) is 15.7. The van der Waals surface area contributed by atoms with E-state index in [0.29, 0.717) is 11.1 Å². The van der Waals surface area contributed by atoms with Crippen molar-refractivity contribution in [2.45, 2.75) is 55.6 Å². The number of carbonyl (C=O) groups excluding carboxylic acids is 2. The van der Waals surface area contributed by atoms with Crippen molar-refractivity contribution < 1.29 is 47.3 Å². The van der Waals surface area contributed by atoms with Crippen LogP contribution in [0.25, 0.3) is 0 Å². The Kier molecular flexibility index (Phi) is 7.90. The monoisotopic (exact) mass is 498 g/mol. The molecule has 6 heteroatoms. The summed E-state index contributed by atoms with van der Waals surface area (Å²) in [4.78, 5) is 26.1. The van der Waals surface area contributed by atoms with Crippen molar-refractivity contribution in [3.8, 4) is 0 Å². The van der Waals surface area contributed by atoms with Crippen LogP contribution >= 0.6 is 0 Å². The van der Waals surface area contributed by atoms with Gasteiger partial charge in [0, 0.05) is 0 Å². The summed E-state index contributed by atoms with van der Waals surface area (Å²) in [5, 5.41) is 0. The van der Waals surface area contributed by atoms with E-state index in [1.54, 1.807) is 24.3 Å². The van der Waals surface area contributed by atoms with Crippen LogP contribution in [0.4, 0.5) is 0 Å². The van der Waals surface area contributed by atoms with Gasteiger partial charge in [-0.3, -0.25) is 0 Å². The fourth-order valence-electron chi connectivity index (χ4n) is 5.27. The molecule has 0 bridgehead atoms. The number of hydrogen-bond acceptors (Lipinski definition) is 4. The van der Waals surface area contributed by atoms with Crippen LogP contribution in [0.1, 0.15) is 72.1 Å². The molecule has 0 spiro atoms. The quantitative estimate of drug-likeness (QED) is 0.590. The van der Waals surface area contributed by atoms with Crippen LogP contribution in [0.5, 0.6) is 0 Å². The Morgan fingerprint density at radius 3 is 1.45 bits per heavy atom. The molecule has 2 aromatic rings. The minimum atomic E-state index is -3.10. The molecule has 0 unspecified atom stereocenters. The molecule has 33 heavy (non-hydrogen) atoms. The van der Waals surface area contributed by atoms with Crippen LogP contribution in [0.15, 0.2) is 83.0 Å². The zero-order chi connectivity index (χ0) is 21.9. The van der Waals surface area contributed by atoms with E-state index in [4.69, 9.17) is 6.64 Å². The van der Waals surface area contributed by atoms with E-state index in [9.17, 15) is 9.59 Å². The molecule has 0 aliphatic heterocycles. The molecule has 0 fully saturated rings. The Labute approximate surface area is 208 Å². The predicted octanol–water partition coefficient (Wildman–Crippen LogP) is 3.70. The molecular weight excluding hydrogens is 472 g/mol. The predicted molar refractivity (Wildman–Crippen MR) is 118 cm³/mol. The summed E-state index contributed by atoms with van der Waals surface area (Å²) in [7, 11) is 0. The topological polar surface area (TPSA) is 52.6 Å². The fraction of sp³-hybridized carbons (Fsp3) is 0.333. The number of halogens is 1. The zero-order valence-corrected chi connectivity index (χ0v) is 20.8. The molecule has 4 nitrogen and oxygen atoms in total. The van der Waals surface area contributed by atoms with Gasteiger partial charge < -0.3 is 12.4 Å². The van der Waals surface area contributed by atoms with Gasteiger partial charge in [-0.05, 0) is 0 Å². The number of benzene rings is 2. The summed E-state index contributed by atoms with van der Waals surface area (Å²) < 4.78 is 12.3. The zero-order valence-electron chi connectivity index (χ0n) is 18.5. The van der Waals surface area contributed by atoms with Crippen molar-refractivity contribution in [3.05, 3.63) is 94.1 Å². The van der Waals surface area contributed by atoms with Gasteiger partial charge in [0.05, 0.1) is 0 Å². The van der Waals surface area contributed by atoms with E-state index in [-0.39, 0.29) is 28.6 Å². The maximum Gasteiger partial charge on any atom is -1.00 e. The average Bonchev–Trinajstić information content (AvgIpc) is 3.19. The van der Waals surface area contributed by atoms with Gasteiger partial charge in [0.25, 0.3) is 0 Å². The van der Waals surface area contributed by atoms with Gasteiger partial charge in [0.1, 0.15) is 0 Å². The maximum absolute atomic E-state index is 13.0. The summed E-state index contributed by atoms with van der Waals surface area (Å²) in [6.07, 6.45) is 8.99. The van der Waals surface area contributed by atoms with Crippen LogP contribution in [-0.4, -0.2) is 11.9 Å². The Morgan fingerprint density at radius 1 is 0.636 bits per heavy atom. The molecular formula is C27H27ClO4Ti. The first kappa shape index (κ1) is 24.0. The third-order valence-corrected chi connectivity index (χ3v) is 9.76. The van der Waals surface area contributed by atoms with Crippen LogP contribution < -0.4 is 12.4 Å². The summed E-state index contributed by atoms with van der Waals surface area (Å²) in [6, 6.07) is 18.1. The number of hydrogen-bond donors (Lipinski definition) is 0. The van der Waals surface area contributed by atoms with E-state index in [0.717, 1.165) is 38.5 Å². The number of fused-ring (bicyclic) bond motifs is 1. The largest absolute Gasteiger partial charge is 1.00 e. The molecule has 5 rings (SSSR count). The van der Waals surface area contributed by atoms with Crippen molar-refractivity contribution in [1.29, 1.82) is 0 Å². The Balaban J connectivity index is 0.00000259. The first-order valence-corrected chi connectivity index (χ1v) is 13.8. The molecule has 0 aromatic heterocycles. The van der Waals surface area contributed by atoms with Crippen LogP contribution in [0, 0.1) is 0 Å². The Bertz CT molecular complexity index is 992. The van der Waals surface area contributed by atoms with Gasteiger partial charge in [0.2, 0.25) is 0 Å². The average molecular weight is 499 g/mol. The molecule has 0 atom stereocenters. The molecule has 3 aliphatic carbocycles. The van der Waals surface area contributed by atoms with Gasteiger partial charge in [-0.15, -0.1) is 0 Å². The van der Waals surface area contributed by atoms with Gasteiger partial charge in [-0.25, -0.2) is 0 Å². The van der Waals surface area contributed by atoms with Crippen molar-refractivity contribution in [2.24, 2.45) is 0 Å². The smallest absolute Gasteiger partial charge is 1.00 e. The van der Waals surface area contributed by atoms with Crippen molar-refractivity contribution >= 4 is 11.9 Å². The summed E-state index contributed by atoms with van der Waals surface area (Å²) >= 11 is -3.10. The van der Waals surface area contributed by atoms with Gasteiger partial charge in [-0.2, -0.15) is 0 Å². The van der Waals surface area contributed by atoms with Crippen LogP contribution in [0.3, 0.4) is 0 Å². The fourth-order valence-corrected chi connectivity index (χ4v) is 8.52. The second-order valence-electron chi connectivity index (χ2n) is 8.68. The standard InChI is InChI=1S/C13H17.2C7H6O2.ClH.Ti/c1-3-7-12-10(5-1)9-11-6-2-4-8-13(11)12;2*8-7(9)6-4-2-1-3-5-6;;/h9H,1-8H2;2*1-5H,(H,8,9);1H;/q;;;;+3/p-3. The molecule has 0 heterocycles. The molecule has 0 radical (unpaired) electrons. The molecule has 0 N–H and O–H groups in total. The second-order valence-corrected chi connectivity index (χ2v) is 11.2. The van der Waals surface area contributed by atoms with E-state index in [2.05, 4.69) is 0 Å². The summed E-state index contributed by atoms with van der Waals surface area (Å²) in [6.45, 7) is 0. The molecule has 0 saturated carbocycles. The van der Waals surface area contributed by atoms with Gasteiger partial charge >= 0.3 is 196 Å². The van der Waals surface area contributed by atoms with Gasteiger partial charge in [-0.1, -0.05) is 0 Å². The van der Waals surface area contributed by atoms with Crippen molar-refractivity contribution in [1.82, 2.24) is 0 Å². The molecule has 170 valence electrons. The van der Waals surface area contributed by atoms with E-state index < -0.39 is 18.6 Å². The van der Waals surface area contributed by atoms with Crippen molar-refractivity contribution in [3.63, 3.8) is 0 Å². The van der Waals surface area contributed by atoms with Crippen LogP contribution in [0.2, 0.25) is 4.22 Å². The SMILES string of the molecule is O=C([O][Ti+]([O]C(=O)c1ccccc1)[CH]1C2=C(CCCC2)C2=C1CCCC2)c1ccccc1.[Cl-]. The summed E-state index contributed by atoms with van der Waals surface area (Å²) in [5.41, 5.74) is 6.79. The third-order valence-electron chi connectivity index (χ3n) is 6.72. The number of allylic oxidation sites excluding steroid dienone is 4. The maximum atomic E-state index is 13.0. The van der Waals surface area contributed by atoms with Gasteiger partial charge in [0.15, 0.2) is 0 Å². The Hall–Kier alpha value is -2.14.